The van der Waals surface area contributed by atoms with Gasteiger partial charge in [-0.2, -0.15) is 0 Å². The molecule has 2 aromatic rings. The molecule has 3 aliphatic heterocycles. The zero-order valence-electron chi connectivity index (χ0n) is 20.4. The molecule has 0 unspecified atom stereocenters. The summed E-state index contributed by atoms with van der Waals surface area (Å²) in [5.74, 6) is 0.718. The molecule has 5 rings (SSSR count). The first-order valence-corrected chi connectivity index (χ1v) is 12.1. The Labute approximate surface area is 209 Å². The van der Waals surface area contributed by atoms with Gasteiger partial charge >= 0.3 is 5.97 Å². The summed E-state index contributed by atoms with van der Waals surface area (Å²) in [5, 5.41) is 2.85. The van der Waals surface area contributed by atoms with Crippen LogP contribution in [0.2, 0.25) is 0 Å². The number of ether oxygens (including phenoxy) is 4. The Balaban J connectivity index is 1.29. The molecule has 1 saturated heterocycles. The van der Waals surface area contributed by atoms with Crippen LogP contribution in [-0.2, 0) is 20.9 Å². The van der Waals surface area contributed by atoms with Gasteiger partial charge < -0.3 is 23.8 Å². The molecule has 0 bridgehead atoms. The highest BCUT2D eigenvalue weighted by Gasteiger charge is 2.42. The molecule has 10 nitrogen and oxygen atoms in total. The van der Waals surface area contributed by atoms with Crippen molar-refractivity contribution in [1.82, 2.24) is 15.1 Å². The number of piperazine rings is 1. The fraction of sp³-hybridized carbons (Fsp3) is 0.423. The number of carbonyl (C=O) groups excluding carboxylic acids is 2. The van der Waals surface area contributed by atoms with Crippen molar-refractivity contribution in [1.29, 1.82) is 0 Å². The Hall–Kier alpha value is -3.79. The molecular weight excluding hydrogens is 464 g/mol. The number of hydrogen-bond acceptors (Lipinski definition) is 9. The van der Waals surface area contributed by atoms with Crippen LogP contribution >= 0.6 is 0 Å². The second kappa shape index (κ2) is 10.4. The quantitative estimate of drug-likeness (QED) is 0.480. The summed E-state index contributed by atoms with van der Waals surface area (Å²) in [4.78, 5) is 35.0. The third kappa shape index (κ3) is 4.94. The van der Waals surface area contributed by atoms with E-state index in [2.05, 4.69) is 21.2 Å². The van der Waals surface area contributed by atoms with Gasteiger partial charge in [0.1, 0.15) is 11.8 Å². The van der Waals surface area contributed by atoms with Crippen LogP contribution in [-0.4, -0.2) is 74.3 Å². The number of carbonyl (C=O) groups is 2. The van der Waals surface area contributed by atoms with Crippen molar-refractivity contribution < 1.29 is 28.5 Å². The van der Waals surface area contributed by atoms with Gasteiger partial charge in [-0.15, -0.1) is 0 Å². The Morgan fingerprint density at radius 1 is 1.08 bits per heavy atom. The maximum atomic E-state index is 13.1. The van der Waals surface area contributed by atoms with Crippen LogP contribution in [0.25, 0.3) is 0 Å². The van der Waals surface area contributed by atoms with Crippen molar-refractivity contribution in [2.45, 2.75) is 19.5 Å². The molecule has 1 amide bonds. The lowest BCUT2D eigenvalue weighted by Crippen LogP contribution is -2.57. The maximum absolute atomic E-state index is 13.1. The van der Waals surface area contributed by atoms with E-state index in [1.807, 2.05) is 24.3 Å². The van der Waals surface area contributed by atoms with Crippen LogP contribution in [0.15, 0.2) is 47.5 Å². The van der Waals surface area contributed by atoms with Gasteiger partial charge in [0, 0.05) is 32.7 Å². The smallest absolute Gasteiger partial charge is 0.321 e. The number of fused-ring (bicyclic) bond motifs is 1. The van der Waals surface area contributed by atoms with Crippen molar-refractivity contribution in [3.05, 3.63) is 53.6 Å². The molecule has 2 aromatic carbocycles. The van der Waals surface area contributed by atoms with E-state index in [9.17, 15) is 9.59 Å². The standard InChI is InChI=1S/C26H30N4O6/c1-3-34-25(32)22-23(18-5-7-19(33-2)8-6-18)27-26(28-24(22)31)30-12-10-29(11-13-30)15-17-4-9-20-21(14-17)36-16-35-20/h4-9,14,22-23H,3,10-13,15-16H2,1-2H3,(H,27,28,31)/t22-,23-/m1/s1. The predicted molar refractivity (Wildman–Crippen MR) is 131 cm³/mol. The second-order valence-electron chi connectivity index (χ2n) is 8.84. The number of nitrogens with one attached hydrogen (secondary N) is 1. The van der Waals surface area contributed by atoms with E-state index in [0.717, 1.165) is 42.3 Å². The van der Waals surface area contributed by atoms with Crippen LogP contribution in [0.4, 0.5) is 0 Å². The van der Waals surface area contributed by atoms with Crippen LogP contribution in [0.3, 0.4) is 0 Å². The van der Waals surface area contributed by atoms with Crippen LogP contribution < -0.4 is 19.5 Å². The van der Waals surface area contributed by atoms with E-state index in [1.165, 1.54) is 0 Å². The average molecular weight is 495 g/mol. The number of esters is 1. The van der Waals surface area contributed by atoms with Gasteiger partial charge in [0.25, 0.3) is 0 Å². The highest BCUT2D eigenvalue weighted by molar-refractivity contribution is 6.08. The third-order valence-electron chi connectivity index (χ3n) is 6.61. The second-order valence-corrected chi connectivity index (χ2v) is 8.84. The van der Waals surface area contributed by atoms with Gasteiger partial charge in [-0.25, -0.2) is 4.99 Å². The summed E-state index contributed by atoms with van der Waals surface area (Å²) >= 11 is 0. The van der Waals surface area contributed by atoms with E-state index in [-0.39, 0.29) is 13.4 Å². The van der Waals surface area contributed by atoms with E-state index < -0.39 is 23.8 Å². The first kappa shape index (κ1) is 23.9. The molecule has 0 saturated carbocycles. The first-order chi connectivity index (χ1) is 17.6. The molecule has 3 aliphatic rings. The number of benzene rings is 2. The minimum absolute atomic E-state index is 0.194. The number of aliphatic imine (C=N–C) groups is 1. The lowest BCUT2D eigenvalue weighted by Gasteiger charge is -2.39. The van der Waals surface area contributed by atoms with Gasteiger partial charge in [-0.05, 0) is 42.3 Å². The SMILES string of the molecule is CCOC(=O)[C@H]1C(=O)NC(N2CCN(Cc3ccc4c(c3)OCO4)CC2)=N[C@@H]1c1ccc(OC)cc1. The lowest BCUT2D eigenvalue weighted by atomic mass is 9.91. The van der Waals surface area contributed by atoms with Crippen molar-refractivity contribution in [2.75, 3.05) is 46.7 Å². The van der Waals surface area contributed by atoms with Crippen molar-refractivity contribution in [2.24, 2.45) is 10.9 Å². The Morgan fingerprint density at radius 3 is 2.56 bits per heavy atom. The monoisotopic (exact) mass is 494 g/mol. The molecule has 1 fully saturated rings. The zero-order valence-corrected chi connectivity index (χ0v) is 20.4. The minimum Gasteiger partial charge on any atom is -0.497 e. The van der Waals surface area contributed by atoms with Crippen molar-refractivity contribution >= 4 is 17.8 Å². The summed E-state index contributed by atoms with van der Waals surface area (Å²) in [6.07, 6.45) is 0. The molecule has 0 spiro atoms. The summed E-state index contributed by atoms with van der Waals surface area (Å²) in [5.41, 5.74) is 1.91. The average Bonchev–Trinajstić information content (AvgIpc) is 3.37. The number of guanidine groups is 1. The van der Waals surface area contributed by atoms with Gasteiger partial charge in [0.15, 0.2) is 17.4 Å². The number of rotatable bonds is 6. The topological polar surface area (TPSA) is 102 Å². The molecule has 36 heavy (non-hydrogen) atoms. The van der Waals surface area contributed by atoms with E-state index in [4.69, 9.17) is 23.9 Å². The first-order valence-electron chi connectivity index (χ1n) is 12.1. The molecule has 0 radical (unpaired) electrons. The Morgan fingerprint density at radius 2 is 1.83 bits per heavy atom. The zero-order chi connectivity index (χ0) is 25.1. The Bertz CT molecular complexity index is 1140. The fourth-order valence-electron chi connectivity index (χ4n) is 4.68. The Kier molecular flexibility index (Phi) is 6.95. The maximum Gasteiger partial charge on any atom is 0.321 e. The molecule has 2 atom stereocenters. The van der Waals surface area contributed by atoms with Crippen molar-refractivity contribution in [3.8, 4) is 17.2 Å². The van der Waals surface area contributed by atoms with E-state index in [0.29, 0.717) is 24.8 Å². The number of hydrogen-bond donors (Lipinski definition) is 1. The summed E-state index contributed by atoms with van der Waals surface area (Å²) in [6.45, 7) is 5.98. The molecule has 0 aliphatic carbocycles. The number of nitrogens with zero attached hydrogens (tertiary/aromatic N) is 3. The molecule has 0 aromatic heterocycles. The van der Waals surface area contributed by atoms with Crippen molar-refractivity contribution in [3.63, 3.8) is 0 Å². The molecule has 1 N–H and O–H groups in total. The molecular formula is C26H30N4O6. The fourth-order valence-corrected chi connectivity index (χ4v) is 4.68. The van der Waals surface area contributed by atoms with E-state index >= 15 is 0 Å². The minimum atomic E-state index is -1.05. The lowest BCUT2D eigenvalue weighted by molar-refractivity contribution is -0.153. The van der Waals surface area contributed by atoms with Crippen LogP contribution in [0.5, 0.6) is 17.2 Å². The molecule has 10 heteroatoms. The molecule has 3 heterocycles. The van der Waals surface area contributed by atoms with Crippen LogP contribution in [0.1, 0.15) is 24.1 Å². The highest BCUT2D eigenvalue weighted by atomic mass is 16.7. The number of amides is 1. The predicted octanol–water partition coefficient (Wildman–Crippen LogP) is 1.95. The van der Waals surface area contributed by atoms with Gasteiger partial charge in [0.05, 0.1) is 13.7 Å². The highest BCUT2D eigenvalue weighted by Crippen LogP contribution is 2.34. The third-order valence-corrected chi connectivity index (χ3v) is 6.61. The number of methoxy groups -OCH3 is 1. The van der Waals surface area contributed by atoms with Gasteiger partial charge in [-0.1, -0.05) is 18.2 Å². The largest absolute Gasteiger partial charge is 0.497 e. The van der Waals surface area contributed by atoms with Crippen LogP contribution in [0, 0.1) is 5.92 Å². The summed E-state index contributed by atoms with van der Waals surface area (Å²) in [7, 11) is 1.59. The summed E-state index contributed by atoms with van der Waals surface area (Å²) < 4.78 is 21.3. The van der Waals surface area contributed by atoms with Gasteiger partial charge in [0.2, 0.25) is 18.7 Å². The van der Waals surface area contributed by atoms with E-state index in [1.54, 1.807) is 26.2 Å². The normalized spacial score (nSPS) is 21.6. The van der Waals surface area contributed by atoms with Gasteiger partial charge in [-0.3, -0.25) is 19.8 Å². The molecule has 190 valence electrons. The summed E-state index contributed by atoms with van der Waals surface area (Å²) in [6, 6.07) is 12.6.